The van der Waals surface area contributed by atoms with E-state index < -0.39 is 13.3 Å². The number of aromatic nitrogens is 1. The Hall–Kier alpha value is -1.13. The Morgan fingerprint density at radius 3 is 2.50 bits per heavy atom. The lowest BCUT2D eigenvalue weighted by Gasteiger charge is -2.24. The maximum atomic E-state index is 12.7. The molecule has 1 heterocycles. The fourth-order valence-electron chi connectivity index (χ4n) is 2.38. The number of nitrogens with zero attached hydrogens (tertiary/aromatic N) is 2. The highest BCUT2D eigenvalue weighted by molar-refractivity contribution is 7.51. The zero-order valence-corrected chi connectivity index (χ0v) is 14.8. The van der Waals surface area contributed by atoms with E-state index in [1.807, 2.05) is 38.4 Å². The fourth-order valence-corrected chi connectivity index (χ4v) is 3.92. The summed E-state index contributed by atoms with van der Waals surface area (Å²) in [6.07, 6.45) is 2.57. The molecule has 2 rings (SSSR count). The molecule has 122 valence electrons. The summed E-state index contributed by atoms with van der Waals surface area (Å²) in [5.41, 5.74) is 1.09. The molecule has 0 spiro atoms. The Kier molecular flexibility index (Phi) is 4.83. The Morgan fingerprint density at radius 1 is 1.27 bits per heavy atom. The normalized spacial score (nSPS) is 15.4. The van der Waals surface area contributed by atoms with Gasteiger partial charge in [-0.05, 0) is 52.9 Å². The van der Waals surface area contributed by atoms with Crippen LogP contribution in [0.3, 0.4) is 0 Å². The molecule has 5 nitrogen and oxygen atoms in total. The van der Waals surface area contributed by atoms with Gasteiger partial charge in [0.1, 0.15) is 0 Å². The molecule has 1 N–H and O–H groups in total. The summed E-state index contributed by atoms with van der Waals surface area (Å²) in [6.45, 7) is 6.20. The minimum absolute atomic E-state index is 0.695. The first kappa shape index (κ1) is 17.2. The fraction of sp³-hybridized carbons (Fsp3) is 0.500. The van der Waals surface area contributed by atoms with Gasteiger partial charge in [-0.3, -0.25) is 8.86 Å². The van der Waals surface area contributed by atoms with E-state index in [2.05, 4.69) is 4.90 Å². The third-order valence-corrected chi connectivity index (χ3v) is 4.93. The average Bonchev–Trinajstić information content (AvgIpc) is 2.73. The lowest BCUT2D eigenvalue weighted by atomic mass is 10.1. The molecule has 6 heteroatoms. The maximum absolute atomic E-state index is 12.7. The van der Waals surface area contributed by atoms with Gasteiger partial charge in [0.25, 0.3) is 0 Å². The van der Waals surface area contributed by atoms with Crippen LogP contribution in [0.15, 0.2) is 30.5 Å². The summed E-state index contributed by atoms with van der Waals surface area (Å²) in [4.78, 5) is 12.5. The average molecular weight is 324 g/mol. The largest absolute Gasteiger partial charge is 0.437 e. The van der Waals surface area contributed by atoms with Crippen LogP contribution in [0.5, 0.6) is 0 Å². The van der Waals surface area contributed by atoms with Gasteiger partial charge in [0, 0.05) is 18.1 Å². The highest BCUT2D eigenvalue weighted by Gasteiger charge is 2.31. The van der Waals surface area contributed by atoms with Crippen LogP contribution in [-0.4, -0.2) is 40.4 Å². The van der Waals surface area contributed by atoms with E-state index in [0.717, 1.165) is 29.4 Å². The number of hydrogen-bond donors (Lipinski definition) is 1. The summed E-state index contributed by atoms with van der Waals surface area (Å²) >= 11 is 0. The zero-order chi connectivity index (χ0) is 16.5. The van der Waals surface area contributed by atoms with Gasteiger partial charge < -0.3 is 9.79 Å². The standard InChI is InChI=1S/C16H25N2O3P/c1-16(2,3)21-22(19,20)18-12-13(10-11-17(4)5)14-8-6-7-9-15(14)18/h6-9,12H,10-11H2,1-5H3,(H,19,20). The number of rotatable bonds is 5. The second-order valence-corrected chi connectivity index (χ2v) is 8.36. The molecule has 0 aliphatic rings. The van der Waals surface area contributed by atoms with Crippen LogP contribution in [0.25, 0.3) is 10.9 Å². The van der Waals surface area contributed by atoms with Gasteiger partial charge in [-0.15, -0.1) is 0 Å². The molecule has 0 radical (unpaired) electrons. The van der Waals surface area contributed by atoms with Crippen LogP contribution >= 0.6 is 7.75 Å². The third-order valence-electron chi connectivity index (χ3n) is 3.27. The van der Waals surface area contributed by atoms with Crippen molar-refractivity contribution in [1.29, 1.82) is 0 Å². The van der Waals surface area contributed by atoms with Gasteiger partial charge >= 0.3 is 7.75 Å². The van der Waals surface area contributed by atoms with Crippen molar-refractivity contribution in [2.24, 2.45) is 0 Å². The van der Waals surface area contributed by atoms with E-state index in [-0.39, 0.29) is 0 Å². The van der Waals surface area contributed by atoms with E-state index in [9.17, 15) is 9.46 Å². The van der Waals surface area contributed by atoms with Gasteiger partial charge in [-0.2, -0.15) is 0 Å². The van der Waals surface area contributed by atoms with Crippen LogP contribution in [0.4, 0.5) is 0 Å². The summed E-state index contributed by atoms with van der Waals surface area (Å²) < 4.78 is 19.5. The van der Waals surface area contributed by atoms with Crippen molar-refractivity contribution in [1.82, 2.24) is 9.24 Å². The van der Waals surface area contributed by atoms with Gasteiger partial charge in [-0.25, -0.2) is 4.57 Å². The predicted molar refractivity (Wildman–Crippen MR) is 90.3 cm³/mol. The van der Waals surface area contributed by atoms with Crippen molar-refractivity contribution >= 4 is 18.6 Å². The Labute approximate surface area is 132 Å². The number of likely N-dealkylation sites (N-methyl/N-ethyl adjacent to an activating group) is 1. The quantitative estimate of drug-likeness (QED) is 0.855. The number of hydrogen-bond acceptors (Lipinski definition) is 3. The number of fused-ring (bicyclic) bond motifs is 1. The van der Waals surface area contributed by atoms with Crippen molar-refractivity contribution in [2.75, 3.05) is 20.6 Å². The summed E-state index contributed by atoms with van der Waals surface area (Å²) in [6, 6.07) is 7.64. The summed E-state index contributed by atoms with van der Waals surface area (Å²) in [7, 11) is 0.0900. The molecule has 0 amide bonds. The molecule has 0 aliphatic heterocycles. The molecule has 1 unspecified atom stereocenters. The molecule has 1 aromatic heterocycles. The van der Waals surface area contributed by atoms with E-state index in [4.69, 9.17) is 4.52 Å². The first-order valence-corrected chi connectivity index (χ1v) is 8.91. The van der Waals surface area contributed by atoms with Gasteiger partial charge in [0.2, 0.25) is 0 Å². The predicted octanol–water partition coefficient (Wildman–Crippen LogP) is 3.51. The number of benzene rings is 1. The first-order valence-electron chi connectivity index (χ1n) is 7.38. The molecule has 0 saturated carbocycles. The first-order chi connectivity index (χ1) is 10.1. The van der Waals surface area contributed by atoms with Crippen LogP contribution in [-0.2, 0) is 15.5 Å². The molecular formula is C16H25N2O3P. The molecule has 1 atom stereocenters. The summed E-state index contributed by atoms with van der Waals surface area (Å²) in [5, 5.41) is 0.996. The van der Waals surface area contributed by atoms with Gasteiger partial charge in [-0.1, -0.05) is 18.2 Å². The smallest absolute Gasteiger partial charge is 0.309 e. The molecule has 0 bridgehead atoms. The minimum atomic E-state index is -3.94. The molecule has 22 heavy (non-hydrogen) atoms. The Balaban J connectivity index is 2.48. The van der Waals surface area contributed by atoms with Crippen molar-refractivity contribution in [2.45, 2.75) is 32.8 Å². The van der Waals surface area contributed by atoms with Gasteiger partial charge in [0.05, 0.1) is 11.1 Å². The second-order valence-electron chi connectivity index (χ2n) is 6.76. The van der Waals surface area contributed by atoms with E-state index in [1.165, 1.54) is 4.34 Å². The third kappa shape index (κ3) is 3.99. The van der Waals surface area contributed by atoms with Crippen LogP contribution < -0.4 is 0 Å². The van der Waals surface area contributed by atoms with Crippen molar-refractivity contribution in [3.63, 3.8) is 0 Å². The molecular weight excluding hydrogens is 299 g/mol. The topological polar surface area (TPSA) is 54.7 Å². The van der Waals surface area contributed by atoms with Crippen LogP contribution in [0.1, 0.15) is 26.3 Å². The van der Waals surface area contributed by atoms with Crippen molar-refractivity contribution in [3.8, 4) is 0 Å². The summed E-state index contributed by atoms with van der Waals surface area (Å²) in [5.74, 6) is 0. The van der Waals surface area contributed by atoms with E-state index >= 15 is 0 Å². The van der Waals surface area contributed by atoms with Crippen LogP contribution in [0, 0.1) is 0 Å². The monoisotopic (exact) mass is 324 g/mol. The Bertz CT molecular complexity index is 701. The van der Waals surface area contributed by atoms with Crippen molar-refractivity contribution < 1.29 is 14.0 Å². The van der Waals surface area contributed by atoms with Crippen molar-refractivity contribution in [3.05, 3.63) is 36.0 Å². The molecule has 0 fully saturated rings. The molecule has 0 saturated heterocycles. The van der Waals surface area contributed by atoms with Gasteiger partial charge in [0.15, 0.2) is 0 Å². The minimum Gasteiger partial charge on any atom is -0.309 e. The molecule has 1 aromatic carbocycles. The Morgan fingerprint density at radius 2 is 1.91 bits per heavy atom. The van der Waals surface area contributed by atoms with Crippen LogP contribution in [0.2, 0.25) is 0 Å². The van der Waals surface area contributed by atoms with E-state index in [1.54, 1.807) is 27.0 Å². The van der Waals surface area contributed by atoms with E-state index in [0.29, 0.717) is 0 Å². The molecule has 2 aromatic rings. The second kappa shape index (κ2) is 6.17. The lowest BCUT2D eigenvalue weighted by Crippen LogP contribution is -2.19. The highest BCUT2D eigenvalue weighted by Crippen LogP contribution is 2.50. The maximum Gasteiger partial charge on any atom is 0.437 e. The SMILES string of the molecule is CN(C)CCc1cn(P(=O)(O)OC(C)(C)C)c2ccccc12. The lowest BCUT2D eigenvalue weighted by molar-refractivity contribution is 0.108. The molecule has 0 aliphatic carbocycles. The zero-order valence-electron chi connectivity index (χ0n) is 13.9. The number of para-hydroxylation sites is 1. The highest BCUT2D eigenvalue weighted by atomic mass is 31.2.